The molecular weight excluding hydrogens is 284 g/mol. The summed E-state index contributed by atoms with van der Waals surface area (Å²) in [4.78, 5) is 17.3. The summed E-state index contributed by atoms with van der Waals surface area (Å²) < 4.78 is 0. The first-order valence-corrected chi connectivity index (χ1v) is 7.96. The fraction of sp³-hybridized carbons (Fsp3) is 0.375. The Kier molecular flexibility index (Phi) is 5.75. The van der Waals surface area contributed by atoms with Crippen LogP contribution >= 0.6 is 11.3 Å². The monoisotopic (exact) mass is 304 g/mol. The Morgan fingerprint density at radius 3 is 2.71 bits per heavy atom. The van der Waals surface area contributed by atoms with E-state index in [1.165, 1.54) is 4.88 Å². The third-order valence-corrected chi connectivity index (χ3v) is 4.32. The molecule has 0 atom stereocenters. The molecule has 1 aromatic carbocycles. The van der Waals surface area contributed by atoms with Crippen LogP contribution in [0.5, 0.6) is 5.75 Å². The maximum Gasteiger partial charge on any atom is 0.220 e. The molecule has 0 saturated carbocycles. The molecule has 1 aromatic heterocycles. The summed E-state index contributed by atoms with van der Waals surface area (Å²) in [6.07, 6.45) is 3.08. The Morgan fingerprint density at radius 2 is 2.05 bits per heavy atom. The minimum atomic E-state index is 0.0732. The number of benzene rings is 1. The number of carbonyl (C=O) groups is 1. The maximum atomic E-state index is 11.7. The number of aromatic nitrogens is 1. The van der Waals surface area contributed by atoms with Gasteiger partial charge in [-0.05, 0) is 43.9 Å². The fourth-order valence-corrected chi connectivity index (χ4v) is 2.88. The number of thiazole rings is 1. The zero-order chi connectivity index (χ0) is 15.1. The molecule has 0 spiro atoms. The van der Waals surface area contributed by atoms with E-state index >= 15 is 0 Å². The van der Waals surface area contributed by atoms with Crippen LogP contribution in [0.4, 0.5) is 0 Å². The molecule has 0 aliphatic heterocycles. The molecule has 2 N–H and O–H groups in total. The molecule has 0 saturated heterocycles. The lowest BCUT2D eigenvalue weighted by Gasteiger charge is -2.05. The number of nitrogens with zero attached hydrogens (tertiary/aromatic N) is 1. The van der Waals surface area contributed by atoms with E-state index in [1.807, 2.05) is 24.6 Å². The normalized spacial score (nSPS) is 10.5. The van der Waals surface area contributed by atoms with Gasteiger partial charge in [-0.15, -0.1) is 11.3 Å². The van der Waals surface area contributed by atoms with Crippen molar-refractivity contribution in [2.24, 2.45) is 0 Å². The van der Waals surface area contributed by atoms with Gasteiger partial charge >= 0.3 is 0 Å². The van der Waals surface area contributed by atoms with Crippen LogP contribution in [0.15, 0.2) is 29.8 Å². The summed E-state index contributed by atoms with van der Waals surface area (Å²) in [5, 5.41) is 12.1. The number of phenols is 1. The van der Waals surface area contributed by atoms with Crippen molar-refractivity contribution in [3.8, 4) is 5.75 Å². The predicted octanol–water partition coefficient (Wildman–Crippen LogP) is 2.84. The van der Waals surface area contributed by atoms with Crippen LogP contribution in [0.3, 0.4) is 0 Å². The highest BCUT2D eigenvalue weighted by molar-refractivity contribution is 7.09. The molecule has 0 radical (unpaired) electrons. The van der Waals surface area contributed by atoms with Crippen molar-refractivity contribution in [1.29, 1.82) is 0 Å². The molecular formula is C16H20N2O2S. The molecule has 21 heavy (non-hydrogen) atoms. The molecule has 0 aliphatic rings. The molecule has 4 nitrogen and oxygen atoms in total. The standard InChI is InChI=1S/C16H20N2O2S/c1-12-15(21-11-18-12)3-2-10-17-16(20)9-6-13-4-7-14(19)8-5-13/h4-5,7-8,11,19H,2-3,6,9-10H2,1H3,(H,17,20). The largest absolute Gasteiger partial charge is 0.508 e. The number of hydrogen-bond acceptors (Lipinski definition) is 4. The predicted molar refractivity (Wildman–Crippen MR) is 84.6 cm³/mol. The Hall–Kier alpha value is -1.88. The number of aryl methyl sites for hydroxylation is 3. The van der Waals surface area contributed by atoms with Gasteiger partial charge in [0.2, 0.25) is 5.91 Å². The molecule has 0 bridgehead atoms. The first-order valence-electron chi connectivity index (χ1n) is 7.08. The van der Waals surface area contributed by atoms with Gasteiger partial charge in [-0.2, -0.15) is 0 Å². The number of amides is 1. The minimum absolute atomic E-state index is 0.0732. The van der Waals surface area contributed by atoms with Crippen molar-refractivity contribution < 1.29 is 9.90 Å². The van der Waals surface area contributed by atoms with Crippen LogP contribution in [0.25, 0.3) is 0 Å². The topological polar surface area (TPSA) is 62.2 Å². The third-order valence-electron chi connectivity index (χ3n) is 3.32. The van der Waals surface area contributed by atoms with Gasteiger partial charge in [-0.25, -0.2) is 4.98 Å². The number of phenolic OH excluding ortho intramolecular Hbond substituents is 1. The molecule has 2 rings (SSSR count). The average Bonchev–Trinajstić information content (AvgIpc) is 2.88. The fourth-order valence-electron chi connectivity index (χ4n) is 2.05. The van der Waals surface area contributed by atoms with Gasteiger partial charge < -0.3 is 10.4 Å². The molecule has 0 unspecified atom stereocenters. The van der Waals surface area contributed by atoms with E-state index in [2.05, 4.69) is 10.3 Å². The van der Waals surface area contributed by atoms with E-state index < -0.39 is 0 Å². The van der Waals surface area contributed by atoms with Crippen molar-refractivity contribution in [2.45, 2.75) is 32.6 Å². The second kappa shape index (κ2) is 7.78. The number of aromatic hydroxyl groups is 1. The van der Waals surface area contributed by atoms with E-state index in [4.69, 9.17) is 0 Å². The zero-order valence-electron chi connectivity index (χ0n) is 12.1. The van der Waals surface area contributed by atoms with Crippen LogP contribution in [0.1, 0.15) is 29.0 Å². The molecule has 0 fully saturated rings. The second-order valence-electron chi connectivity index (χ2n) is 4.98. The average molecular weight is 304 g/mol. The summed E-state index contributed by atoms with van der Waals surface area (Å²) in [5.41, 5.74) is 4.02. The van der Waals surface area contributed by atoms with Gasteiger partial charge in [-0.3, -0.25) is 4.79 Å². The molecule has 112 valence electrons. The highest BCUT2D eigenvalue weighted by Gasteiger charge is 2.04. The Balaban J connectivity index is 1.61. The SMILES string of the molecule is Cc1ncsc1CCCNC(=O)CCc1ccc(O)cc1. The molecule has 1 amide bonds. The highest BCUT2D eigenvalue weighted by Crippen LogP contribution is 2.14. The second-order valence-corrected chi connectivity index (χ2v) is 5.92. The van der Waals surface area contributed by atoms with Crippen molar-refractivity contribution in [3.05, 3.63) is 45.9 Å². The van der Waals surface area contributed by atoms with Crippen molar-refractivity contribution in [3.63, 3.8) is 0 Å². The molecule has 5 heteroatoms. The number of rotatable bonds is 7. The van der Waals surface area contributed by atoms with E-state index in [0.29, 0.717) is 19.4 Å². The number of nitrogens with one attached hydrogen (secondary N) is 1. The van der Waals surface area contributed by atoms with E-state index in [-0.39, 0.29) is 11.7 Å². The van der Waals surface area contributed by atoms with Gasteiger partial charge in [0, 0.05) is 17.8 Å². The maximum absolute atomic E-state index is 11.7. The van der Waals surface area contributed by atoms with Crippen molar-refractivity contribution >= 4 is 17.2 Å². The number of carbonyl (C=O) groups excluding carboxylic acids is 1. The van der Waals surface area contributed by atoms with E-state index in [1.54, 1.807) is 23.5 Å². The zero-order valence-corrected chi connectivity index (χ0v) is 12.9. The summed E-state index contributed by atoms with van der Waals surface area (Å²) in [6.45, 7) is 2.72. The minimum Gasteiger partial charge on any atom is -0.508 e. The molecule has 1 heterocycles. The lowest BCUT2D eigenvalue weighted by atomic mass is 10.1. The lowest BCUT2D eigenvalue weighted by Crippen LogP contribution is -2.24. The van der Waals surface area contributed by atoms with E-state index in [9.17, 15) is 9.90 Å². The first kappa shape index (κ1) is 15.5. The number of hydrogen-bond donors (Lipinski definition) is 2. The van der Waals surface area contributed by atoms with Gasteiger partial charge in [0.1, 0.15) is 5.75 Å². The smallest absolute Gasteiger partial charge is 0.220 e. The Morgan fingerprint density at radius 1 is 1.29 bits per heavy atom. The highest BCUT2D eigenvalue weighted by atomic mass is 32.1. The van der Waals surface area contributed by atoms with Gasteiger partial charge in [-0.1, -0.05) is 12.1 Å². The first-order chi connectivity index (χ1) is 10.1. The van der Waals surface area contributed by atoms with Gasteiger partial charge in [0.05, 0.1) is 11.2 Å². The Bertz CT molecular complexity index is 578. The third kappa shape index (κ3) is 5.19. The van der Waals surface area contributed by atoms with E-state index in [0.717, 1.165) is 24.1 Å². The van der Waals surface area contributed by atoms with Crippen LogP contribution in [0, 0.1) is 6.92 Å². The van der Waals surface area contributed by atoms with Crippen LogP contribution in [-0.2, 0) is 17.6 Å². The summed E-state index contributed by atoms with van der Waals surface area (Å²) in [6, 6.07) is 6.97. The van der Waals surface area contributed by atoms with Crippen molar-refractivity contribution in [1.82, 2.24) is 10.3 Å². The Labute approximate surface area is 128 Å². The van der Waals surface area contributed by atoms with Gasteiger partial charge in [0.15, 0.2) is 0 Å². The molecule has 0 aliphatic carbocycles. The summed E-state index contributed by atoms with van der Waals surface area (Å²) in [5.74, 6) is 0.325. The molecule has 2 aromatic rings. The quantitative estimate of drug-likeness (QED) is 0.773. The van der Waals surface area contributed by atoms with Crippen LogP contribution in [0.2, 0.25) is 0 Å². The summed E-state index contributed by atoms with van der Waals surface area (Å²) in [7, 11) is 0. The van der Waals surface area contributed by atoms with Crippen molar-refractivity contribution in [2.75, 3.05) is 6.54 Å². The van der Waals surface area contributed by atoms with Crippen LogP contribution < -0.4 is 5.32 Å². The van der Waals surface area contributed by atoms with Gasteiger partial charge in [0.25, 0.3) is 0 Å². The lowest BCUT2D eigenvalue weighted by molar-refractivity contribution is -0.121. The van der Waals surface area contributed by atoms with Crippen LogP contribution in [-0.4, -0.2) is 22.5 Å². The summed E-state index contributed by atoms with van der Waals surface area (Å²) >= 11 is 1.67.